The molecule has 2 heterocycles. The van der Waals surface area contributed by atoms with Crippen molar-refractivity contribution in [2.24, 2.45) is 0 Å². The van der Waals surface area contributed by atoms with Gasteiger partial charge in [-0.2, -0.15) is 0 Å². The van der Waals surface area contributed by atoms with Gasteiger partial charge in [0.05, 0.1) is 27.7 Å². The third-order valence-corrected chi connectivity index (χ3v) is 12.1. The Hall–Kier alpha value is -6.16. The molecule has 8 aromatic rings. The van der Waals surface area contributed by atoms with Crippen molar-refractivity contribution in [3.8, 4) is 28.2 Å². The van der Waals surface area contributed by atoms with Gasteiger partial charge >= 0.3 is 7.44 Å². The summed E-state index contributed by atoms with van der Waals surface area (Å²) in [6, 6.07) is 63.6. The Morgan fingerprint density at radius 1 is 0.429 bits per heavy atom. The van der Waals surface area contributed by atoms with Crippen molar-refractivity contribution in [3.05, 3.63) is 188 Å². The molecular weight excluding hydrogens is 619 g/mol. The topological polar surface area (TPSA) is 41.4 Å². The Morgan fingerprint density at radius 3 is 1.55 bits per heavy atom. The fraction of sp³-hybridized carbons (Fsp3) is 0. The van der Waals surface area contributed by atoms with Gasteiger partial charge in [-0.05, 0) is 83.9 Å². The van der Waals surface area contributed by atoms with Gasteiger partial charge in [0, 0.05) is 22.6 Å². The van der Waals surface area contributed by atoms with Crippen LogP contribution in [-0.4, -0.2) is 9.55 Å². The minimum atomic E-state index is -3.42. The fourth-order valence-electron chi connectivity index (χ4n) is 6.89. The van der Waals surface area contributed by atoms with Crippen LogP contribution in [0.3, 0.4) is 0 Å². The van der Waals surface area contributed by atoms with Crippen molar-refractivity contribution in [2.45, 2.75) is 0 Å². The van der Waals surface area contributed by atoms with E-state index >= 15 is 4.57 Å². The number of para-hydroxylation sites is 5. The molecule has 0 spiro atoms. The molecule has 1 unspecified atom stereocenters. The van der Waals surface area contributed by atoms with Gasteiger partial charge in [0.2, 0.25) is 0 Å². The van der Waals surface area contributed by atoms with E-state index in [9.17, 15) is 0 Å². The van der Waals surface area contributed by atoms with Crippen LogP contribution >= 0.6 is 7.44 Å². The summed E-state index contributed by atoms with van der Waals surface area (Å²) in [5, 5.41) is 0.770. The first kappa shape index (κ1) is 29.0. The molecule has 0 fully saturated rings. The number of hydrogen-bond acceptors (Lipinski definition) is 2. The Balaban J connectivity index is 1.18. The lowest BCUT2D eigenvalue weighted by Gasteiger charge is -2.33. The van der Waals surface area contributed by atoms with E-state index in [1.807, 2.05) is 112 Å². The molecule has 1 aliphatic heterocycles. The molecule has 234 valence electrons. The average molecular weight is 651 g/mol. The summed E-state index contributed by atoms with van der Waals surface area (Å²) in [7, 11) is -3.42. The van der Waals surface area contributed by atoms with Crippen LogP contribution in [0.4, 0.5) is 22.7 Å². The van der Waals surface area contributed by atoms with Crippen molar-refractivity contribution in [1.82, 2.24) is 9.55 Å². The number of benzene rings is 7. The van der Waals surface area contributed by atoms with Gasteiger partial charge in [-0.25, -0.2) is 4.98 Å². The van der Waals surface area contributed by atoms with Crippen LogP contribution in [0.2, 0.25) is 0 Å². The quantitative estimate of drug-likeness (QED) is 0.168. The predicted molar refractivity (Wildman–Crippen MR) is 203 cm³/mol. The average Bonchev–Trinajstić information content (AvgIpc) is 3.69. The second-order valence-corrected chi connectivity index (χ2v) is 14.5. The van der Waals surface area contributed by atoms with Gasteiger partial charge in [-0.3, -0.25) is 18.5 Å². The number of fused-ring (bicyclic) bond motifs is 2. The molecule has 9 rings (SSSR count). The zero-order chi connectivity index (χ0) is 32.8. The second kappa shape index (κ2) is 11.8. The number of aromatic nitrogens is 2. The third kappa shape index (κ3) is 4.78. The molecule has 0 saturated heterocycles. The zero-order valence-corrected chi connectivity index (χ0v) is 27.4. The van der Waals surface area contributed by atoms with Crippen LogP contribution in [-0.2, 0) is 4.57 Å². The maximum atomic E-state index is 15.8. The first-order valence-electron chi connectivity index (χ1n) is 16.3. The maximum absolute atomic E-state index is 15.8. The Bertz CT molecular complexity index is 2460. The highest BCUT2D eigenvalue weighted by Gasteiger charge is 2.49. The highest BCUT2D eigenvalue weighted by molar-refractivity contribution is 7.76. The van der Waals surface area contributed by atoms with Gasteiger partial charge in [0.25, 0.3) is 0 Å². The van der Waals surface area contributed by atoms with E-state index in [0.717, 1.165) is 67.3 Å². The minimum Gasteiger partial charge on any atom is -0.292 e. The molecule has 0 aliphatic carbocycles. The third-order valence-electron chi connectivity index (χ3n) is 9.12. The molecule has 49 heavy (non-hydrogen) atoms. The first-order chi connectivity index (χ1) is 24.2. The molecule has 6 heteroatoms. The number of imidazole rings is 1. The largest absolute Gasteiger partial charge is 0.301 e. The van der Waals surface area contributed by atoms with Crippen LogP contribution in [0.15, 0.2) is 188 Å². The molecular formula is C43H31N4OP. The van der Waals surface area contributed by atoms with Gasteiger partial charge < -0.3 is 0 Å². The maximum Gasteiger partial charge on any atom is 0.301 e. The van der Waals surface area contributed by atoms with Gasteiger partial charge in [0.15, 0.2) is 0 Å². The Kier molecular flexibility index (Phi) is 7.00. The standard InChI is InChI=1S/C43H31N4OP/c48-49(38-21-11-4-12-22-38)46(36-17-7-2-8-18-36)41-30-29-34(31-42(41)47(49)37-19-9-3-10-20-37)32-25-27-33(28-26-32)43-44-39-23-13-14-24-40(39)45(43)35-15-5-1-6-16-35/h1-31H. The second-order valence-electron chi connectivity index (χ2n) is 12.1. The molecule has 0 saturated carbocycles. The lowest BCUT2D eigenvalue weighted by molar-refractivity contribution is 0.582. The monoisotopic (exact) mass is 650 g/mol. The predicted octanol–water partition coefficient (Wildman–Crippen LogP) is 11.2. The van der Waals surface area contributed by atoms with E-state index in [0.29, 0.717) is 0 Å². The van der Waals surface area contributed by atoms with Crippen LogP contribution in [0.5, 0.6) is 0 Å². The molecule has 1 aliphatic rings. The highest BCUT2D eigenvalue weighted by Crippen LogP contribution is 2.70. The van der Waals surface area contributed by atoms with Crippen LogP contribution in [0.1, 0.15) is 0 Å². The molecule has 7 aromatic carbocycles. The summed E-state index contributed by atoms with van der Waals surface area (Å²) in [6.45, 7) is 0. The Labute approximate surface area is 285 Å². The van der Waals surface area contributed by atoms with E-state index in [1.165, 1.54) is 0 Å². The highest BCUT2D eigenvalue weighted by atomic mass is 31.2. The van der Waals surface area contributed by atoms with E-state index in [2.05, 4.69) is 89.5 Å². The van der Waals surface area contributed by atoms with Crippen molar-refractivity contribution in [1.29, 1.82) is 0 Å². The summed E-state index contributed by atoms with van der Waals surface area (Å²) in [6.07, 6.45) is 0. The molecule has 5 nitrogen and oxygen atoms in total. The number of anilines is 4. The summed E-state index contributed by atoms with van der Waals surface area (Å²) in [5.41, 5.74) is 9.78. The normalized spacial score (nSPS) is 15.4. The van der Waals surface area contributed by atoms with Crippen LogP contribution in [0.25, 0.3) is 39.2 Å². The van der Waals surface area contributed by atoms with E-state index in [4.69, 9.17) is 4.98 Å². The zero-order valence-electron chi connectivity index (χ0n) is 26.5. The van der Waals surface area contributed by atoms with Crippen molar-refractivity contribution < 1.29 is 4.57 Å². The fourth-order valence-corrected chi connectivity index (χ4v) is 9.89. The lowest BCUT2D eigenvalue weighted by Crippen LogP contribution is -2.26. The van der Waals surface area contributed by atoms with E-state index in [-0.39, 0.29) is 0 Å². The van der Waals surface area contributed by atoms with E-state index in [1.54, 1.807) is 0 Å². The van der Waals surface area contributed by atoms with Gasteiger partial charge in [0.1, 0.15) is 5.82 Å². The molecule has 0 N–H and O–H groups in total. The first-order valence-corrected chi connectivity index (χ1v) is 18.0. The van der Waals surface area contributed by atoms with Crippen molar-refractivity contribution in [2.75, 3.05) is 9.34 Å². The molecule has 1 aromatic heterocycles. The summed E-state index contributed by atoms with van der Waals surface area (Å²) in [5.74, 6) is 0.894. The van der Waals surface area contributed by atoms with Crippen LogP contribution in [0, 0.1) is 0 Å². The lowest BCUT2D eigenvalue weighted by atomic mass is 10.0. The SMILES string of the molecule is O=P1(c2ccccc2)N(c2ccccc2)c2ccc(-c3ccc(-c4nc5ccccc5n4-c4ccccc4)cc3)cc2N1c1ccccc1. The molecule has 0 amide bonds. The van der Waals surface area contributed by atoms with Crippen molar-refractivity contribution in [3.63, 3.8) is 0 Å². The number of rotatable bonds is 6. The molecule has 1 atom stereocenters. The molecule has 0 bridgehead atoms. The summed E-state index contributed by atoms with van der Waals surface area (Å²) < 4.78 is 22.1. The number of hydrogen-bond donors (Lipinski definition) is 0. The van der Waals surface area contributed by atoms with Gasteiger partial charge in [-0.15, -0.1) is 0 Å². The Morgan fingerprint density at radius 2 is 0.918 bits per heavy atom. The van der Waals surface area contributed by atoms with Crippen molar-refractivity contribution >= 4 is 46.5 Å². The summed E-state index contributed by atoms with van der Waals surface area (Å²) >= 11 is 0. The minimum absolute atomic E-state index is 0.770. The van der Waals surface area contributed by atoms with Crippen LogP contribution < -0.4 is 14.6 Å². The number of nitrogens with zero attached hydrogens (tertiary/aromatic N) is 4. The smallest absolute Gasteiger partial charge is 0.292 e. The summed E-state index contributed by atoms with van der Waals surface area (Å²) in [4.78, 5) is 5.05. The van der Waals surface area contributed by atoms with E-state index < -0.39 is 7.44 Å². The van der Waals surface area contributed by atoms with Gasteiger partial charge in [-0.1, -0.05) is 115 Å². The molecule has 0 radical (unpaired) electrons.